The van der Waals surface area contributed by atoms with E-state index in [1.807, 2.05) is 0 Å². The standard InChI is InChI=1S/C10H12N4O5/c15-2-6-7(16)8(17)10(18,19-6)14-4-13-5-1-11-3-12-9(5)14/h1,3-4,6-8,15-18H,2H2/t6-,7-,8-,10+/m1/s1. The molecule has 1 aliphatic rings. The molecule has 0 unspecified atom stereocenters. The van der Waals surface area contributed by atoms with E-state index in [4.69, 9.17) is 9.84 Å². The van der Waals surface area contributed by atoms with Gasteiger partial charge in [-0.25, -0.2) is 15.0 Å². The van der Waals surface area contributed by atoms with Gasteiger partial charge in [-0.05, 0) is 0 Å². The Morgan fingerprint density at radius 3 is 2.84 bits per heavy atom. The molecule has 0 bridgehead atoms. The normalized spacial score (nSPS) is 35.1. The lowest BCUT2D eigenvalue weighted by molar-refractivity contribution is -0.287. The van der Waals surface area contributed by atoms with Crippen molar-refractivity contribution in [2.24, 2.45) is 0 Å². The highest BCUT2D eigenvalue weighted by atomic mass is 16.7. The van der Waals surface area contributed by atoms with Gasteiger partial charge in [0.25, 0.3) is 5.91 Å². The first-order valence-corrected chi connectivity index (χ1v) is 5.58. The third-order valence-corrected chi connectivity index (χ3v) is 3.15. The molecule has 19 heavy (non-hydrogen) atoms. The Balaban J connectivity index is 2.10. The molecule has 0 saturated carbocycles. The first-order chi connectivity index (χ1) is 9.08. The molecule has 4 atom stereocenters. The summed E-state index contributed by atoms with van der Waals surface area (Å²) in [4.78, 5) is 11.7. The number of hydrogen-bond acceptors (Lipinski definition) is 8. The van der Waals surface area contributed by atoms with Crippen LogP contribution in [0.3, 0.4) is 0 Å². The van der Waals surface area contributed by atoms with Crippen molar-refractivity contribution in [1.82, 2.24) is 19.5 Å². The van der Waals surface area contributed by atoms with Crippen LogP contribution in [0.25, 0.3) is 11.2 Å². The SMILES string of the molecule is OC[C@H]1O[C@](O)(n2cnc3cncnc32)[C@H](O)[C@@H]1O. The number of aromatic nitrogens is 4. The van der Waals surface area contributed by atoms with E-state index in [1.54, 1.807) is 0 Å². The van der Waals surface area contributed by atoms with Crippen LogP contribution in [-0.4, -0.2) is 64.9 Å². The zero-order chi connectivity index (χ0) is 13.6. The number of aliphatic hydroxyl groups excluding tert-OH is 3. The first-order valence-electron chi connectivity index (χ1n) is 5.58. The number of imidazole rings is 1. The van der Waals surface area contributed by atoms with Gasteiger partial charge in [-0.1, -0.05) is 0 Å². The quantitative estimate of drug-likeness (QED) is 0.471. The Morgan fingerprint density at radius 2 is 2.16 bits per heavy atom. The second kappa shape index (κ2) is 4.18. The molecule has 102 valence electrons. The van der Waals surface area contributed by atoms with E-state index in [0.717, 1.165) is 4.57 Å². The maximum Gasteiger partial charge on any atom is 0.286 e. The van der Waals surface area contributed by atoms with Crippen molar-refractivity contribution >= 4 is 11.2 Å². The minimum Gasteiger partial charge on any atom is -0.394 e. The van der Waals surface area contributed by atoms with Crippen molar-refractivity contribution in [2.75, 3.05) is 6.61 Å². The molecule has 4 N–H and O–H groups in total. The minimum atomic E-state index is -2.24. The monoisotopic (exact) mass is 268 g/mol. The second-order valence-corrected chi connectivity index (χ2v) is 4.28. The summed E-state index contributed by atoms with van der Waals surface area (Å²) in [5.74, 6) is -2.24. The van der Waals surface area contributed by atoms with Gasteiger partial charge in [0.1, 0.15) is 30.4 Å². The molecule has 1 fully saturated rings. The molecule has 3 heterocycles. The van der Waals surface area contributed by atoms with E-state index in [0.29, 0.717) is 5.52 Å². The third kappa shape index (κ3) is 1.64. The van der Waals surface area contributed by atoms with Crippen LogP contribution in [-0.2, 0) is 10.6 Å². The zero-order valence-corrected chi connectivity index (χ0v) is 9.66. The summed E-state index contributed by atoms with van der Waals surface area (Å²) in [5, 5.41) is 39.1. The van der Waals surface area contributed by atoms with Gasteiger partial charge in [-0.2, -0.15) is 0 Å². The minimum absolute atomic E-state index is 0.238. The fourth-order valence-electron chi connectivity index (χ4n) is 2.13. The number of fused-ring (bicyclic) bond motifs is 1. The van der Waals surface area contributed by atoms with Crippen molar-refractivity contribution in [1.29, 1.82) is 0 Å². The molecule has 2 aromatic heterocycles. The molecule has 0 amide bonds. The fourth-order valence-corrected chi connectivity index (χ4v) is 2.13. The topological polar surface area (TPSA) is 134 Å². The van der Waals surface area contributed by atoms with Gasteiger partial charge in [0, 0.05) is 0 Å². The molecular formula is C10H12N4O5. The molecular weight excluding hydrogens is 256 g/mol. The summed E-state index contributed by atoms with van der Waals surface area (Å²) in [6.45, 7) is -0.540. The van der Waals surface area contributed by atoms with E-state index >= 15 is 0 Å². The van der Waals surface area contributed by atoms with E-state index in [2.05, 4.69) is 15.0 Å². The lowest BCUT2D eigenvalue weighted by Crippen LogP contribution is -2.45. The van der Waals surface area contributed by atoms with Gasteiger partial charge in [0.05, 0.1) is 12.8 Å². The first kappa shape index (κ1) is 12.4. The lowest BCUT2D eigenvalue weighted by Gasteiger charge is -2.27. The summed E-state index contributed by atoms with van der Waals surface area (Å²) in [5.41, 5.74) is 0.635. The van der Waals surface area contributed by atoms with E-state index in [1.165, 1.54) is 18.9 Å². The maximum absolute atomic E-state index is 10.4. The number of nitrogens with zero attached hydrogens (tertiary/aromatic N) is 4. The predicted molar refractivity (Wildman–Crippen MR) is 59.5 cm³/mol. The smallest absolute Gasteiger partial charge is 0.286 e. The van der Waals surface area contributed by atoms with Crippen LogP contribution in [0.15, 0.2) is 18.9 Å². The van der Waals surface area contributed by atoms with E-state index < -0.39 is 30.8 Å². The lowest BCUT2D eigenvalue weighted by atomic mass is 10.1. The molecule has 1 saturated heterocycles. The highest BCUT2D eigenvalue weighted by molar-refractivity contribution is 5.69. The van der Waals surface area contributed by atoms with Gasteiger partial charge in [0.15, 0.2) is 11.8 Å². The largest absolute Gasteiger partial charge is 0.394 e. The molecule has 9 heteroatoms. The molecule has 0 aliphatic carbocycles. The van der Waals surface area contributed by atoms with Crippen LogP contribution in [0, 0.1) is 0 Å². The fraction of sp³-hybridized carbons (Fsp3) is 0.500. The second-order valence-electron chi connectivity index (χ2n) is 4.28. The molecule has 3 rings (SSSR count). The summed E-state index contributed by atoms with van der Waals surface area (Å²) in [6.07, 6.45) is -0.255. The van der Waals surface area contributed by atoms with Crippen LogP contribution >= 0.6 is 0 Å². The maximum atomic E-state index is 10.4. The Labute approximate surface area is 106 Å². The third-order valence-electron chi connectivity index (χ3n) is 3.15. The number of aliphatic hydroxyl groups is 4. The molecule has 2 aromatic rings. The van der Waals surface area contributed by atoms with E-state index in [-0.39, 0.29) is 5.65 Å². The Bertz CT molecular complexity index is 604. The molecule has 9 nitrogen and oxygen atoms in total. The Hall–Kier alpha value is -1.65. The Kier molecular flexibility index (Phi) is 2.73. The highest BCUT2D eigenvalue weighted by Crippen LogP contribution is 2.34. The van der Waals surface area contributed by atoms with Crippen LogP contribution < -0.4 is 0 Å². The number of rotatable bonds is 2. The zero-order valence-electron chi connectivity index (χ0n) is 9.66. The van der Waals surface area contributed by atoms with Crippen molar-refractivity contribution in [3.05, 3.63) is 18.9 Å². The molecule has 0 radical (unpaired) electrons. The highest BCUT2D eigenvalue weighted by Gasteiger charge is 2.55. The Morgan fingerprint density at radius 1 is 1.37 bits per heavy atom. The van der Waals surface area contributed by atoms with Crippen LogP contribution in [0.4, 0.5) is 0 Å². The predicted octanol–water partition coefficient (Wildman–Crippen LogP) is -2.46. The van der Waals surface area contributed by atoms with Gasteiger partial charge in [-0.15, -0.1) is 0 Å². The van der Waals surface area contributed by atoms with E-state index in [9.17, 15) is 15.3 Å². The van der Waals surface area contributed by atoms with Crippen molar-refractivity contribution in [2.45, 2.75) is 24.2 Å². The number of ether oxygens (including phenoxy) is 1. The van der Waals surface area contributed by atoms with Crippen LogP contribution in [0.5, 0.6) is 0 Å². The van der Waals surface area contributed by atoms with Crippen molar-refractivity contribution in [3.8, 4) is 0 Å². The molecule has 1 aliphatic heterocycles. The average molecular weight is 268 g/mol. The summed E-state index contributed by atoms with van der Waals surface area (Å²) >= 11 is 0. The van der Waals surface area contributed by atoms with Crippen molar-refractivity contribution in [3.63, 3.8) is 0 Å². The van der Waals surface area contributed by atoms with Crippen molar-refractivity contribution < 1.29 is 25.2 Å². The summed E-state index contributed by atoms with van der Waals surface area (Å²) in [7, 11) is 0. The van der Waals surface area contributed by atoms with Gasteiger partial charge < -0.3 is 25.2 Å². The average Bonchev–Trinajstić information content (AvgIpc) is 2.95. The molecule has 0 aromatic carbocycles. The van der Waals surface area contributed by atoms with Gasteiger partial charge >= 0.3 is 0 Å². The summed E-state index contributed by atoms with van der Waals surface area (Å²) < 4.78 is 6.23. The van der Waals surface area contributed by atoms with Gasteiger partial charge in [-0.3, -0.25) is 4.57 Å². The number of hydrogen-bond donors (Lipinski definition) is 4. The van der Waals surface area contributed by atoms with Gasteiger partial charge in [0.2, 0.25) is 0 Å². The molecule has 0 spiro atoms. The van der Waals surface area contributed by atoms with Crippen LogP contribution in [0.2, 0.25) is 0 Å². The van der Waals surface area contributed by atoms with Crippen LogP contribution in [0.1, 0.15) is 0 Å². The summed E-state index contributed by atoms with van der Waals surface area (Å²) in [6, 6.07) is 0.